The highest BCUT2D eigenvalue weighted by molar-refractivity contribution is 6.13. The van der Waals surface area contributed by atoms with E-state index in [9.17, 15) is 52.7 Å². The van der Waals surface area contributed by atoms with Crippen LogP contribution < -0.4 is 55.7 Å². The van der Waals surface area contributed by atoms with Gasteiger partial charge in [-0.3, -0.25) is 62.6 Å². The van der Waals surface area contributed by atoms with Crippen LogP contribution in [0.1, 0.15) is 119 Å². The summed E-state index contributed by atoms with van der Waals surface area (Å²) < 4.78 is 77.8. The van der Waals surface area contributed by atoms with Crippen molar-refractivity contribution in [2.24, 2.45) is 4.99 Å². The molecule has 2 fully saturated rings. The first-order valence-electron chi connectivity index (χ1n) is 38.9. The molecule has 0 saturated carbocycles. The standard InChI is InChI=1S/C77H115N11O25/c1-53(72(94)80-50-71(93)88-51-57-16-13-23-86(57)77(99)59-46-64(102-6)66(48-62(59)88)113-26-11-7-10-25-112-65-47-61-58(45-63(65)101-5)76(98)85-22-12-15-56(85)49-79-61)81-73(95)54(2)82-74(96)55(3)83-75(97)60(84-67(89)18-14-24-87-69(91)19-20-70(87)92)17-8-9-21-78-68(90)52-111-44-43-110-42-41-109-40-39-108-38-37-107-36-35-106-34-33-105-32-31-104-30-29-103-28-27-100-4/h19-20,45-49,53-57,60H,7-18,21-44,50-52H2,1-6H3,(H,78,90)(H,80,94)(H,81,95)(H,82,96)(H,83,97)(H,84,89)/t53-,54-,55-,56-,57-,60-/m0/s1. The van der Waals surface area contributed by atoms with Crippen molar-refractivity contribution in [1.82, 2.24) is 46.6 Å². The van der Waals surface area contributed by atoms with Crippen molar-refractivity contribution >= 4 is 82.6 Å². The minimum atomic E-state index is -1.25. The summed E-state index contributed by atoms with van der Waals surface area (Å²) in [4.78, 5) is 157. The number of hydrogen-bond donors (Lipinski definition) is 6. The molecule has 2 aromatic rings. The van der Waals surface area contributed by atoms with E-state index in [0.717, 1.165) is 36.3 Å². The molecule has 0 spiro atoms. The van der Waals surface area contributed by atoms with Crippen molar-refractivity contribution in [3.8, 4) is 23.0 Å². The fourth-order valence-electron chi connectivity index (χ4n) is 12.6. The van der Waals surface area contributed by atoms with Crippen molar-refractivity contribution in [2.45, 2.75) is 134 Å². The summed E-state index contributed by atoms with van der Waals surface area (Å²) in [5.41, 5.74) is 1.50. The zero-order chi connectivity index (χ0) is 81.1. The van der Waals surface area contributed by atoms with Crippen LogP contribution in [0.4, 0.5) is 11.4 Å². The molecule has 36 nitrogen and oxygen atoms in total. The molecule has 2 aromatic carbocycles. The molecule has 0 bridgehead atoms. The number of carbonyl (C=O) groups is 11. The Kier molecular flexibility index (Phi) is 41.2. The van der Waals surface area contributed by atoms with Crippen molar-refractivity contribution in [3.05, 3.63) is 47.5 Å². The summed E-state index contributed by atoms with van der Waals surface area (Å²) in [7, 11) is 4.60. The van der Waals surface area contributed by atoms with Crippen molar-refractivity contribution in [2.75, 3.05) is 204 Å². The van der Waals surface area contributed by atoms with E-state index < -0.39 is 78.0 Å². The lowest BCUT2D eigenvalue weighted by molar-refractivity contribution is -0.137. The third-order valence-electron chi connectivity index (χ3n) is 18.8. The minimum Gasteiger partial charge on any atom is -0.493 e. The molecule has 6 N–H and O–H groups in total. The number of nitrogens with zero attached hydrogens (tertiary/aromatic N) is 5. The Hall–Kier alpha value is -8.98. The van der Waals surface area contributed by atoms with E-state index in [1.807, 2.05) is 11.1 Å². The molecule has 628 valence electrons. The molecule has 11 amide bonds. The Morgan fingerprint density at radius 1 is 0.487 bits per heavy atom. The highest BCUT2D eigenvalue weighted by Gasteiger charge is 2.40. The summed E-state index contributed by atoms with van der Waals surface area (Å²) in [5, 5.41) is 15.7. The number of ether oxygens (including phenoxy) is 14. The van der Waals surface area contributed by atoms with Gasteiger partial charge < -0.3 is 113 Å². The van der Waals surface area contributed by atoms with Gasteiger partial charge in [-0.1, -0.05) is 0 Å². The van der Waals surface area contributed by atoms with Gasteiger partial charge >= 0.3 is 0 Å². The Morgan fingerprint density at radius 2 is 0.982 bits per heavy atom. The molecular formula is C77H115N11O25. The second-order valence-corrected chi connectivity index (χ2v) is 27.2. The third-order valence-corrected chi connectivity index (χ3v) is 18.8. The smallest absolute Gasteiger partial charge is 0.256 e. The second kappa shape index (κ2) is 51.0. The van der Waals surface area contributed by atoms with E-state index in [-0.39, 0.29) is 112 Å². The van der Waals surface area contributed by atoms with E-state index in [2.05, 4.69) is 36.9 Å². The van der Waals surface area contributed by atoms with Gasteiger partial charge in [0.05, 0.1) is 187 Å². The molecule has 6 atom stereocenters. The Bertz CT molecular complexity index is 3460. The van der Waals surface area contributed by atoms with E-state index in [4.69, 9.17) is 66.3 Å². The summed E-state index contributed by atoms with van der Waals surface area (Å²) in [6.45, 7) is 12.9. The Labute approximate surface area is 659 Å². The summed E-state index contributed by atoms with van der Waals surface area (Å²) in [6.07, 6.45) is 9.96. The van der Waals surface area contributed by atoms with Gasteiger partial charge in [0.25, 0.3) is 23.6 Å². The minimum absolute atomic E-state index is 0.0299. The van der Waals surface area contributed by atoms with Crippen molar-refractivity contribution in [3.63, 3.8) is 0 Å². The number of aliphatic imine (C=N–C) groups is 1. The molecule has 0 aliphatic carbocycles. The first-order valence-corrected chi connectivity index (χ1v) is 38.9. The Balaban J connectivity index is 0.766. The van der Waals surface area contributed by atoms with Crippen LogP contribution >= 0.6 is 0 Å². The van der Waals surface area contributed by atoms with Crippen molar-refractivity contribution in [1.29, 1.82) is 0 Å². The molecule has 2 saturated heterocycles. The number of unbranched alkanes of at least 4 members (excludes halogenated alkanes) is 3. The SMILES string of the molecule is COCCOCCOCCOCCOCCOCCOCCOCCOCCOCC(=O)NCCCC[C@H](NC(=O)CCCN1C(=O)C=CC1=O)C(=O)N[C@@H](C)C(=O)N[C@@H](C)C(=O)N[C@@H](C)C(=O)NCC(=O)N1C[C@@H]2CCCN2C(=O)c2cc(OC)c(OCCCCCOc3cc4c(cc3OC)C(=O)N3CCC[C@H]3C=N4)cc21. The average Bonchev–Trinajstić information content (AvgIpc) is 1.66. The van der Waals surface area contributed by atoms with Gasteiger partial charge in [-0.05, 0) is 104 Å². The van der Waals surface area contributed by atoms with Crippen LogP contribution in [0.25, 0.3) is 0 Å². The van der Waals surface area contributed by atoms with Crippen LogP contribution in [0.3, 0.4) is 0 Å². The van der Waals surface area contributed by atoms with Crippen LogP contribution in [0.2, 0.25) is 0 Å². The topological polar surface area (TPSA) is 414 Å². The predicted molar refractivity (Wildman–Crippen MR) is 408 cm³/mol. The number of anilines is 1. The second-order valence-electron chi connectivity index (χ2n) is 27.2. The number of carbonyl (C=O) groups excluding carboxylic acids is 11. The van der Waals surface area contributed by atoms with Gasteiger partial charge in [-0.2, -0.15) is 0 Å². The number of nitrogens with one attached hydrogen (secondary N) is 6. The highest BCUT2D eigenvalue weighted by Crippen LogP contribution is 2.41. The van der Waals surface area contributed by atoms with Crippen LogP contribution in [-0.4, -0.2) is 321 Å². The van der Waals surface area contributed by atoms with Crippen LogP contribution in [0, 0.1) is 0 Å². The molecule has 113 heavy (non-hydrogen) atoms. The fraction of sp³-hybridized carbons (Fsp3) is 0.662. The first-order chi connectivity index (χ1) is 54.8. The summed E-state index contributed by atoms with van der Waals surface area (Å²) >= 11 is 0. The third kappa shape index (κ3) is 31.0. The molecule has 0 aromatic heterocycles. The normalized spacial score (nSPS) is 16.6. The number of hydrogen-bond acceptors (Lipinski definition) is 26. The lowest BCUT2D eigenvalue weighted by atomic mass is 10.1. The van der Waals surface area contributed by atoms with E-state index in [0.29, 0.717) is 192 Å². The number of rotatable bonds is 58. The van der Waals surface area contributed by atoms with E-state index >= 15 is 0 Å². The maximum Gasteiger partial charge on any atom is 0.256 e. The molecule has 5 aliphatic rings. The van der Waals surface area contributed by atoms with Crippen LogP contribution in [0.15, 0.2) is 41.4 Å². The van der Waals surface area contributed by atoms with E-state index in [1.165, 1.54) is 39.9 Å². The van der Waals surface area contributed by atoms with Crippen LogP contribution in [-0.2, 0) is 90.5 Å². The molecule has 0 unspecified atom stereocenters. The van der Waals surface area contributed by atoms with Crippen LogP contribution in [0.5, 0.6) is 23.0 Å². The number of amides is 11. The number of benzene rings is 2. The van der Waals surface area contributed by atoms with Crippen molar-refractivity contribution < 1.29 is 119 Å². The van der Waals surface area contributed by atoms with E-state index in [1.54, 1.807) is 36.3 Å². The highest BCUT2D eigenvalue weighted by atomic mass is 16.6. The van der Waals surface area contributed by atoms with Gasteiger partial charge in [0.2, 0.25) is 41.4 Å². The predicted octanol–water partition coefficient (Wildman–Crippen LogP) is 1.51. The number of fused-ring (bicyclic) bond motifs is 4. The first kappa shape index (κ1) is 91.2. The molecule has 36 heteroatoms. The maximum atomic E-state index is 14.3. The maximum absolute atomic E-state index is 14.3. The molecule has 7 rings (SSSR count). The molecule has 0 radical (unpaired) electrons. The quantitative estimate of drug-likeness (QED) is 0.0404. The lowest BCUT2D eigenvalue weighted by Gasteiger charge is -2.27. The molecular weight excluding hydrogens is 1480 g/mol. The number of imide groups is 1. The summed E-state index contributed by atoms with van der Waals surface area (Å²) in [6, 6.07) is 1.38. The summed E-state index contributed by atoms with van der Waals surface area (Å²) in [5.74, 6) is -4.37. The lowest BCUT2D eigenvalue weighted by Crippen LogP contribution is -2.56. The number of methoxy groups -OCH3 is 3. The van der Waals surface area contributed by atoms with Gasteiger partial charge in [0.15, 0.2) is 23.0 Å². The monoisotopic (exact) mass is 1590 g/mol. The Morgan fingerprint density at radius 3 is 1.54 bits per heavy atom. The zero-order valence-electron chi connectivity index (χ0n) is 66.0. The average molecular weight is 1590 g/mol. The zero-order valence-corrected chi connectivity index (χ0v) is 66.0. The van der Waals surface area contributed by atoms with Gasteiger partial charge in [0.1, 0.15) is 30.8 Å². The fourth-order valence-corrected chi connectivity index (χ4v) is 12.6. The molecule has 5 heterocycles. The van der Waals surface area contributed by atoms with Gasteiger partial charge in [-0.15, -0.1) is 0 Å². The molecule has 5 aliphatic heterocycles. The van der Waals surface area contributed by atoms with Gasteiger partial charge in [-0.25, -0.2) is 0 Å². The largest absolute Gasteiger partial charge is 0.493 e. The van der Waals surface area contributed by atoms with Gasteiger partial charge in [0, 0.05) is 76.8 Å².